The Balaban J connectivity index is 3.35. The summed E-state index contributed by atoms with van der Waals surface area (Å²) in [4.78, 5) is 0. The first-order valence-corrected chi connectivity index (χ1v) is 2.91. The molecular formula is C8H12. The summed E-state index contributed by atoms with van der Waals surface area (Å²) in [7, 11) is 0. The van der Waals surface area contributed by atoms with Crippen LogP contribution in [0.3, 0.4) is 0 Å². The van der Waals surface area contributed by atoms with Crippen LogP contribution in [-0.4, -0.2) is 0 Å². The molecule has 0 fully saturated rings. The largest absolute Gasteiger partial charge is 0.0983 e. The Kier molecular flexibility index (Phi) is 4.07. The van der Waals surface area contributed by atoms with E-state index in [1.54, 1.807) is 0 Å². The summed E-state index contributed by atoms with van der Waals surface area (Å²) >= 11 is 0. The molecule has 0 aromatic heterocycles. The lowest BCUT2D eigenvalue weighted by Gasteiger charge is -1.77. The predicted octanol–water partition coefficient (Wildman–Crippen LogP) is 2.37. The third kappa shape index (κ3) is 5.30. The first kappa shape index (κ1) is 7.30. The number of hydrogen-bond acceptors (Lipinski definition) is 0. The highest BCUT2D eigenvalue weighted by Gasteiger charge is 1.70. The van der Waals surface area contributed by atoms with Crippen LogP contribution in [0.15, 0.2) is 12.2 Å². The van der Waals surface area contributed by atoms with Gasteiger partial charge in [0.25, 0.3) is 0 Å². The summed E-state index contributed by atoms with van der Waals surface area (Å²) in [6.45, 7) is 7.69. The standard InChI is InChI=1S/C8H12/c1-4-5-6-7-8(2)3/h2,4-5H2,1,3H3. The highest BCUT2D eigenvalue weighted by molar-refractivity contribution is 5.22. The lowest BCUT2D eigenvalue weighted by Crippen LogP contribution is -1.63. The summed E-state index contributed by atoms with van der Waals surface area (Å²) in [6.07, 6.45) is 2.13. The van der Waals surface area contributed by atoms with Gasteiger partial charge in [-0.2, -0.15) is 0 Å². The molecule has 8 heavy (non-hydrogen) atoms. The van der Waals surface area contributed by atoms with Gasteiger partial charge in [0, 0.05) is 6.42 Å². The van der Waals surface area contributed by atoms with Crippen molar-refractivity contribution in [2.45, 2.75) is 26.7 Å². The monoisotopic (exact) mass is 108 g/mol. The highest BCUT2D eigenvalue weighted by atomic mass is 13.7. The van der Waals surface area contributed by atoms with Crippen molar-refractivity contribution in [1.29, 1.82) is 0 Å². The summed E-state index contributed by atoms with van der Waals surface area (Å²) in [5.74, 6) is 5.89. The molecule has 0 nitrogen and oxygen atoms in total. The van der Waals surface area contributed by atoms with Crippen LogP contribution >= 0.6 is 0 Å². The fourth-order valence-corrected chi connectivity index (χ4v) is 0.338. The van der Waals surface area contributed by atoms with Crippen LogP contribution in [0, 0.1) is 11.8 Å². The molecule has 0 aromatic carbocycles. The van der Waals surface area contributed by atoms with Crippen molar-refractivity contribution in [3.8, 4) is 11.8 Å². The molecule has 0 aliphatic rings. The zero-order chi connectivity index (χ0) is 6.41. The average molecular weight is 108 g/mol. The van der Waals surface area contributed by atoms with E-state index in [0.29, 0.717) is 0 Å². The smallest absolute Gasteiger partial charge is 0.00897 e. The van der Waals surface area contributed by atoms with Gasteiger partial charge in [-0.1, -0.05) is 25.3 Å². The molecule has 0 spiro atoms. The minimum Gasteiger partial charge on any atom is -0.0983 e. The second-order valence-corrected chi connectivity index (χ2v) is 1.83. The zero-order valence-corrected chi connectivity index (χ0v) is 5.62. The van der Waals surface area contributed by atoms with E-state index >= 15 is 0 Å². The maximum absolute atomic E-state index is 3.65. The molecule has 0 saturated carbocycles. The minimum absolute atomic E-state index is 0.957. The average Bonchev–Trinajstić information content (AvgIpc) is 1.66. The second-order valence-electron chi connectivity index (χ2n) is 1.83. The SMILES string of the molecule is C=C(C)C#CCCC. The van der Waals surface area contributed by atoms with Crippen LogP contribution in [0.5, 0.6) is 0 Å². The topological polar surface area (TPSA) is 0 Å². The predicted molar refractivity (Wildman–Crippen MR) is 37.5 cm³/mol. The van der Waals surface area contributed by atoms with Gasteiger partial charge in [0.05, 0.1) is 0 Å². The quantitative estimate of drug-likeness (QED) is 0.452. The summed E-state index contributed by atoms with van der Waals surface area (Å²) in [5, 5.41) is 0. The Hall–Kier alpha value is -0.700. The second kappa shape index (κ2) is 4.46. The van der Waals surface area contributed by atoms with Crippen molar-refractivity contribution in [3.05, 3.63) is 12.2 Å². The van der Waals surface area contributed by atoms with Gasteiger partial charge >= 0.3 is 0 Å². The van der Waals surface area contributed by atoms with Gasteiger partial charge in [0.2, 0.25) is 0 Å². The van der Waals surface area contributed by atoms with E-state index in [0.717, 1.165) is 18.4 Å². The molecular weight excluding hydrogens is 96.1 g/mol. The van der Waals surface area contributed by atoms with Gasteiger partial charge in [-0.25, -0.2) is 0 Å². The molecule has 0 unspecified atom stereocenters. The Morgan fingerprint density at radius 3 is 2.62 bits per heavy atom. The molecule has 0 amide bonds. The molecule has 0 saturated heterocycles. The van der Waals surface area contributed by atoms with Crippen molar-refractivity contribution >= 4 is 0 Å². The molecule has 0 heteroatoms. The van der Waals surface area contributed by atoms with Crippen LogP contribution in [-0.2, 0) is 0 Å². The van der Waals surface area contributed by atoms with Crippen LogP contribution in [0.25, 0.3) is 0 Å². The Morgan fingerprint density at radius 1 is 1.62 bits per heavy atom. The van der Waals surface area contributed by atoms with Crippen molar-refractivity contribution < 1.29 is 0 Å². The van der Waals surface area contributed by atoms with E-state index in [1.807, 2.05) is 6.92 Å². The van der Waals surface area contributed by atoms with Crippen molar-refractivity contribution in [3.63, 3.8) is 0 Å². The van der Waals surface area contributed by atoms with Gasteiger partial charge in [-0.3, -0.25) is 0 Å². The number of rotatable bonds is 1. The van der Waals surface area contributed by atoms with E-state index in [1.165, 1.54) is 0 Å². The third-order valence-corrected chi connectivity index (χ3v) is 0.677. The molecule has 0 aliphatic heterocycles. The molecule has 0 aromatic rings. The summed E-state index contributed by atoms with van der Waals surface area (Å²) in [6, 6.07) is 0. The molecule has 0 bridgehead atoms. The zero-order valence-electron chi connectivity index (χ0n) is 5.62. The summed E-state index contributed by atoms with van der Waals surface area (Å²) < 4.78 is 0. The van der Waals surface area contributed by atoms with Gasteiger partial charge in [-0.05, 0) is 18.9 Å². The normalized spacial score (nSPS) is 7.25. The molecule has 0 N–H and O–H groups in total. The van der Waals surface area contributed by atoms with E-state index in [9.17, 15) is 0 Å². The fraction of sp³-hybridized carbons (Fsp3) is 0.500. The number of unbranched alkanes of at least 4 members (excludes halogenated alkanes) is 1. The van der Waals surface area contributed by atoms with Crippen LogP contribution < -0.4 is 0 Å². The van der Waals surface area contributed by atoms with E-state index < -0.39 is 0 Å². The lowest BCUT2D eigenvalue weighted by molar-refractivity contribution is 0.983. The Labute approximate surface area is 51.6 Å². The Morgan fingerprint density at radius 2 is 2.25 bits per heavy atom. The maximum atomic E-state index is 3.65. The molecule has 0 heterocycles. The van der Waals surface area contributed by atoms with Gasteiger partial charge in [0.1, 0.15) is 0 Å². The van der Waals surface area contributed by atoms with Crippen LogP contribution in [0.2, 0.25) is 0 Å². The van der Waals surface area contributed by atoms with Crippen molar-refractivity contribution in [2.75, 3.05) is 0 Å². The first-order chi connectivity index (χ1) is 3.77. The Bertz CT molecular complexity index is 121. The molecule has 0 aliphatic carbocycles. The third-order valence-electron chi connectivity index (χ3n) is 0.677. The molecule has 0 rings (SSSR count). The lowest BCUT2D eigenvalue weighted by atomic mass is 10.3. The highest BCUT2D eigenvalue weighted by Crippen LogP contribution is 1.84. The minimum atomic E-state index is 0.957. The maximum Gasteiger partial charge on any atom is 0.00897 e. The van der Waals surface area contributed by atoms with Gasteiger partial charge in [-0.15, -0.1) is 0 Å². The van der Waals surface area contributed by atoms with Crippen LogP contribution in [0.4, 0.5) is 0 Å². The van der Waals surface area contributed by atoms with Gasteiger partial charge < -0.3 is 0 Å². The van der Waals surface area contributed by atoms with Crippen molar-refractivity contribution in [1.82, 2.24) is 0 Å². The van der Waals surface area contributed by atoms with Crippen LogP contribution in [0.1, 0.15) is 26.7 Å². The van der Waals surface area contributed by atoms with Crippen molar-refractivity contribution in [2.24, 2.45) is 0 Å². The molecule has 0 radical (unpaired) electrons. The molecule has 44 valence electrons. The van der Waals surface area contributed by atoms with E-state index in [2.05, 4.69) is 25.3 Å². The fourth-order valence-electron chi connectivity index (χ4n) is 0.338. The number of allylic oxidation sites excluding steroid dienone is 1. The van der Waals surface area contributed by atoms with E-state index in [-0.39, 0.29) is 0 Å². The van der Waals surface area contributed by atoms with E-state index in [4.69, 9.17) is 0 Å². The first-order valence-electron chi connectivity index (χ1n) is 2.91. The summed E-state index contributed by atoms with van der Waals surface area (Å²) in [5.41, 5.74) is 0.957. The van der Waals surface area contributed by atoms with Gasteiger partial charge in [0.15, 0.2) is 0 Å². The molecule has 0 atom stereocenters. The number of hydrogen-bond donors (Lipinski definition) is 0.